The standard InChI is InChI=1S/C11H20N4O/c1-3-14-15-8-6-4-5-7-10(13-2)11(16)9-12/h5,7-9,14,16H,3-4,6,12H2,1-2H3/b7-5-,11-9?,13-10?,15-8-. The van der Waals surface area contributed by atoms with Crippen LogP contribution in [0.25, 0.3) is 0 Å². The second-order valence-electron chi connectivity index (χ2n) is 2.96. The lowest BCUT2D eigenvalue weighted by Crippen LogP contribution is -2.02. The first kappa shape index (κ1) is 14.2. The van der Waals surface area contributed by atoms with Gasteiger partial charge in [-0.2, -0.15) is 5.10 Å². The molecular formula is C11H20N4O. The number of nitrogens with one attached hydrogen (secondary N) is 1. The summed E-state index contributed by atoms with van der Waals surface area (Å²) in [4.78, 5) is 3.89. The number of aliphatic imine (C=N–C) groups is 1. The number of hydrogen-bond donors (Lipinski definition) is 3. The molecule has 0 aromatic rings. The van der Waals surface area contributed by atoms with E-state index < -0.39 is 0 Å². The number of hydrazone groups is 1. The molecule has 4 N–H and O–H groups in total. The van der Waals surface area contributed by atoms with Crippen molar-refractivity contribution in [3.8, 4) is 0 Å². The zero-order chi connectivity index (χ0) is 12.2. The van der Waals surface area contributed by atoms with Gasteiger partial charge in [0.1, 0.15) is 0 Å². The van der Waals surface area contributed by atoms with Gasteiger partial charge in [-0.05, 0) is 25.8 Å². The quantitative estimate of drug-likeness (QED) is 0.264. The minimum absolute atomic E-state index is 0.0138. The van der Waals surface area contributed by atoms with Crippen molar-refractivity contribution in [2.75, 3.05) is 13.6 Å². The summed E-state index contributed by atoms with van der Waals surface area (Å²) in [5.41, 5.74) is 8.50. The Morgan fingerprint density at radius 1 is 1.44 bits per heavy atom. The minimum atomic E-state index is -0.0138. The fourth-order valence-corrected chi connectivity index (χ4v) is 0.946. The minimum Gasteiger partial charge on any atom is -0.504 e. The molecule has 0 heterocycles. The lowest BCUT2D eigenvalue weighted by molar-refractivity contribution is 0.442. The van der Waals surface area contributed by atoms with Gasteiger partial charge in [0.05, 0.1) is 5.71 Å². The van der Waals surface area contributed by atoms with Crippen LogP contribution < -0.4 is 11.2 Å². The van der Waals surface area contributed by atoms with Crippen molar-refractivity contribution < 1.29 is 5.11 Å². The molecule has 0 spiro atoms. The van der Waals surface area contributed by atoms with Gasteiger partial charge >= 0.3 is 0 Å². The molecule has 0 bridgehead atoms. The normalized spacial score (nSPS) is 13.9. The van der Waals surface area contributed by atoms with E-state index in [9.17, 15) is 5.11 Å². The third-order valence-electron chi connectivity index (χ3n) is 1.74. The summed E-state index contributed by atoms with van der Waals surface area (Å²) >= 11 is 0. The second-order valence-corrected chi connectivity index (χ2v) is 2.96. The van der Waals surface area contributed by atoms with Gasteiger partial charge in [0.15, 0.2) is 5.76 Å². The van der Waals surface area contributed by atoms with Crippen molar-refractivity contribution in [3.63, 3.8) is 0 Å². The van der Waals surface area contributed by atoms with Crippen LogP contribution in [0.1, 0.15) is 19.8 Å². The third-order valence-corrected chi connectivity index (χ3v) is 1.74. The Balaban J connectivity index is 3.91. The summed E-state index contributed by atoms with van der Waals surface area (Å²) in [6.07, 6.45) is 8.27. The topological polar surface area (TPSA) is 83.0 Å². The summed E-state index contributed by atoms with van der Waals surface area (Å²) < 4.78 is 0. The molecule has 0 rings (SSSR count). The molecule has 0 aliphatic carbocycles. The fraction of sp³-hybridized carbons (Fsp3) is 0.455. The molecule has 0 radical (unpaired) electrons. The van der Waals surface area contributed by atoms with Crippen LogP contribution in [-0.4, -0.2) is 30.6 Å². The van der Waals surface area contributed by atoms with Crippen LogP contribution in [0.2, 0.25) is 0 Å². The van der Waals surface area contributed by atoms with E-state index in [0.29, 0.717) is 5.71 Å². The van der Waals surface area contributed by atoms with Gasteiger partial charge in [-0.25, -0.2) is 0 Å². The number of unbranched alkanes of at least 4 members (excludes halogenated alkanes) is 1. The zero-order valence-corrected chi connectivity index (χ0v) is 9.85. The smallest absolute Gasteiger partial charge is 0.156 e. The predicted molar refractivity (Wildman–Crippen MR) is 68.8 cm³/mol. The summed E-state index contributed by atoms with van der Waals surface area (Å²) in [5, 5.41) is 13.3. The first-order valence-electron chi connectivity index (χ1n) is 5.25. The van der Waals surface area contributed by atoms with Crippen LogP contribution in [0, 0.1) is 0 Å². The van der Waals surface area contributed by atoms with Crippen molar-refractivity contribution in [3.05, 3.63) is 24.1 Å². The summed E-state index contributed by atoms with van der Waals surface area (Å²) in [6, 6.07) is 0. The molecule has 0 unspecified atom stereocenters. The average Bonchev–Trinajstić information content (AvgIpc) is 2.32. The van der Waals surface area contributed by atoms with E-state index in [1.807, 2.05) is 19.2 Å². The van der Waals surface area contributed by atoms with E-state index in [-0.39, 0.29) is 5.76 Å². The van der Waals surface area contributed by atoms with Crippen LogP contribution in [0.5, 0.6) is 0 Å². The molecular weight excluding hydrogens is 204 g/mol. The maximum absolute atomic E-state index is 9.31. The molecule has 0 aromatic carbocycles. The van der Waals surface area contributed by atoms with Gasteiger partial charge in [-0.15, -0.1) is 0 Å². The molecule has 0 fully saturated rings. The van der Waals surface area contributed by atoms with Crippen LogP contribution in [0.15, 0.2) is 34.2 Å². The largest absolute Gasteiger partial charge is 0.504 e. The van der Waals surface area contributed by atoms with E-state index >= 15 is 0 Å². The van der Waals surface area contributed by atoms with Crippen LogP contribution in [0.3, 0.4) is 0 Å². The van der Waals surface area contributed by atoms with Gasteiger partial charge in [0.25, 0.3) is 0 Å². The molecule has 16 heavy (non-hydrogen) atoms. The van der Waals surface area contributed by atoms with E-state index in [1.165, 1.54) is 0 Å². The highest BCUT2D eigenvalue weighted by Crippen LogP contribution is 1.96. The summed E-state index contributed by atoms with van der Waals surface area (Å²) in [5.74, 6) is -0.0138. The number of rotatable bonds is 7. The van der Waals surface area contributed by atoms with E-state index in [0.717, 1.165) is 25.6 Å². The molecule has 0 saturated heterocycles. The highest BCUT2D eigenvalue weighted by Gasteiger charge is 1.96. The lowest BCUT2D eigenvalue weighted by atomic mass is 10.2. The van der Waals surface area contributed by atoms with Crippen LogP contribution in [0.4, 0.5) is 0 Å². The SMILES string of the molecule is CCN/N=C\CC/C=C\C(=NC)C(O)=CN. The molecule has 0 atom stereocenters. The van der Waals surface area contributed by atoms with Gasteiger partial charge in [-0.1, -0.05) is 6.08 Å². The van der Waals surface area contributed by atoms with Crippen molar-refractivity contribution >= 4 is 11.9 Å². The number of aliphatic hydroxyl groups is 1. The monoisotopic (exact) mass is 224 g/mol. The Kier molecular flexibility index (Phi) is 8.68. The van der Waals surface area contributed by atoms with Crippen molar-refractivity contribution in [2.24, 2.45) is 15.8 Å². The third kappa shape index (κ3) is 6.64. The Bertz CT molecular complexity index is 292. The molecule has 0 amide bonds. The number of aliphatic hydroxyl groups excluding tert-OH is 1. The Morgan fingerprint density at radius 2 is 2.19 bits per heavy atom. The van der Waals surface area contributed by atoms with Gasteiger partial charge in [0, 0.05) is 26.0 Å². The molecule has 5 nitrogen and oxygen atoms in total. The van der Waals surface area contributed by atoms with Gasteiger partial charge in [-0.3, -0.25) is 4.99 Å². The predicted octanol–water partition coefficient (Wildman–Crippen LogP) is 1.35. The first-order chi connectivity index (χ1) is 7.76. The Labute approximate surface area is 96.5 Å². The van der Waals surface area contributed by atoms with Gasteiger partial charge < -0.3 is 16.3 Å². The maximum atomic E-state index is 9.31. The Hall–Kier alpha value is -1.78. The zero-order valence-electron chi connectivity index (χ0n) is 9.85. The first-order valence-corrected chi connectivity index (χ1v) is 5.25. The van der Waals surface area contributed by atoms with Crippen LogP contribution in [-0.2, 0) is 0 Å². The highest BCUT2D eigenvalue weighted by atomic mass is 16.3. The van der Waals surface area contributed by atoms with Crippen molar-refractivity contribution in [2.45, 2.75) is 19.8 Å². The molecule has 0 aromatic heterocycles. The highest BCUT2D eigenvalue weighted by molar-refractivity contribution is 6.06. The number of nitrogens with zero attached hydrogens (tertiary/aromatic N) is 2. The summed E-state index contributed by atoms with van der Waals surface area (Å²) in [6.45, 7) is 2.82. The molecule has 0 saturated carbocycles. The number of hydrogen-bond acceptors (Lipinski definition) is 5. The number of allylic oxidation sites excluding steroid dienone is 2. The Morgan fingerprint density at radius 3 is 2.75 bits per heavy atom. The molecule has 5 heteroatoms. The summed E-state index contributed by atoms with van der Waals surface area (Å²) in [7, 11) is 1.60. The lowest BCUT2D eigenvalue weighted by Gasteiger charge is -1.96. The molecule has 0 aliphatic rings. The van der Waals surface area contributed by atoms with Crippen LogP contribution >= 0.6 is 0 Å². The maximum Gasteiger partial charge on any atom is 0.156 e. The fourth-order valence-electron chi connectivity index (χ4n) is 0.946. The molecule has 90 valence electrons. The molecule has 0 aliphatic heterocycles. The van der Waals surface area contributed by atoms with Crippen molar-refractivity contribution in [1.82, 2.24) is 5.43 Å². The van der Waals surface area contributed by atoms with E-state index in [4.69, 9.17) is 5.73 Å². The average molecular weight is 224 g/mol. The van der Waals surface area contributed by atoms with Gasteiger partial charge in [0.2, 0.25) is 0 Å². The van der Waals surface area contributed by atoms with Crippen molar-refractivity contribution in [1.29, 1.82) is 0 Å². The number of nitrogens with two attached hydrogens (primary N) is 1. The second kappa shape index (κ2) is 9.76. The van der Waals surface area contributed by atoms with E-state index in [1.54, 1.807) is 13.1 Å². The van der Waals surface area contributed by atoms with E-state index in [2.05, 4.69) is 15.5 Å².